The third-order valence-corrected chi connectivity index (χ3v) is 1.93. The molecule has 0 amide bonds. The molecule has 0 unspecified atom stereocenters. The van der Waals surface area contributed by atoms with Gasteiger partial charge in [0.05, 0.1) is 0 Å². The lowest BCUT2D eigenvalue weighted by Crippen LogP contribution is -1.79. The highest BCUT2D eigenvalue weighted by Crippen LogP contribution is 2.22. The van der Waals surface area contributed by atoms with Crippen molar-refractivity contribution in [3.63, 3.8) is 0 Å². The molecule has 0 radical (unpaired) electrons. The Balaban J connectivity index is 3.12. The summed E-state index contributed by atoms with van der Waals surface area (Å²) in [6.45, 7) is 7.24. The van der Waals surface area contributed by atoms with Crippen LogP contribution in [0.25, 0.3) is 10.1 Å². The summed E-state index contributed by atoms with van der Waals surface area (Å²) >= 11 is 11.4. The summed E-state index contributed by atoms with van der Waals surface area (Å²) in [6, 6.07) is 7.47. The van der Waals surface area contributed by atoms with E-state index in [1.165, 1.54) is 0 Å². The summed E-state index contributed by atoms with van der Waals surface area (Å²) in [4.78, 5) is 0. The van der Waals surface area contributed by atoms with E-state index >= 15 is 0 Å². The van der Waals surface area contributed by atoms with E-state index < -0.39 is 0 Å². The van der Waals surface area contributed by atoms with Crippen LogP contribution in [-0.2, 0) is 0 Å². The zero-order valence-corrected chi connectivity index (χ0v) is 7.99. The van der Waals surface area contributed by atoms with Gasteiger partial charge in [-0.25, -0.2) is 0 Å². The van der Waals surface area contributed by atoms with Gasteiger partial charge in [0, 0.05) is 10.1 Å². The molecule has 12 heavy (non-hydrogen) atoms. The van der Waals surface area contributed by atoms with Crippen molar-refractivity contribution in [3.8, 4) is 0 Å². The van der Waals surface area contributed by atoms with Gasteiger partial charge in [0.15, 0.2) is 0 Å². The Morgan fingerprint density at radius 1 is 1.00 bits per heavy atom. The second-order valence-electron chi connectivity index (χ2n) is 2.39. The van der Waals surface area contributed by atoms with Crippen LogP contribution in [-0.4, -0.2) is 0 Å². The molecular weight excluding hydrogens is 191 g/mol. The Kier molecular flexibility index (Phi) is 2.96. The highest BCUT2D eigenvalue weighted by atomic mass is 35.5. The highest BCUT2D eigenvalue weighted by molar-refractivity contribution is 6.49. The van der Waals surface area contributed by atoms with Crippen molar-refractivity contribution in [2.75, 3.05) is 0 Å². The van der Waals surface area contributed by atoms with Gasteiger partial charge in [-0.05, 0) is 17.2 Å². The maximum Gasteiger partial charge on any atom is 0.0406 e. The number of rotatable bonds is 2. The van der Waals surface area contributed by atoms with Crippen LogP contribution in [0, 0.1) is 0 Å². The van der Waals surface area contributed by atoms with Crippen LogP contribution >= 0.6 is 23.2 Å². The number of hydrogen-bond acceptors (Lipinski definition) is 0. The molecule has 1 aromatic rings. The maximum absolute atomic E-state index is 5.71. The van der Waals surface area contributed by atoms with Crippen LogP contribution in [0.3, 0.4) is 0 Å². The fraction of sp³-hybridized carbons (Fsp3) is 0. The predicted octanol–water partition coefficient (Wildman–Crippen LogP) is 4.11. The molecule has 0 fully saturated rings. The largest absolute Gasteiger partial charge is 0.0843 e. The number of benzene rings is 1. The standard InChI is InChI=1S/C10H8Cl2/c1-7(11)9-4-3-5-10(6-9)8(2)12/h3-6H,1-2H2. The Bertz CT molecular complexity index is 297. The summed E-state index contributed by atoms with van der Waals surface area (Å²) in [6.07, 6.45) is 0. The minimum absolute atomic E-state index is 0.509. The van der Waals surface area contributed by atoms with Crippen molar-refractivity contribution in [2.45, 2.75) is 0 Å². The highest BCUT2D eigenvalue weighted by Gasteiger charge is 1.98. The van der Waals surface area contributed by atoms with Gasteiger partial charge in [-0.15, -0.1) is 0 Å². The van der Waals surface area contributed by atoms with E-state index in [4.69, 9.17) is 23.2 Å². The molecule has 0 saturated carbocycles. The molecule has 0 atom stereocenters. The van der Waals surface area contributed by atoms with Crippen molar-refractivity contribution < 1.29 is 0 Å². The van der Waals surface area contributed by atoms with Gasteiger partial charge in [0.2, 0.25) is 0 Å². The molecule has 0 aliphatic heterocycles. The van der Waals surface area contributed by atoms with Crippen LogP contribution in [0.15, 0.2) is 37.4 Å². The fourth-order valence-corrected chi connectivity index (χ4v) is 1.09. The second-order valence-corrected chi connectivity index (χ2v) is 3.30. The molecule has 0 N–H and O–H groups in total. The van der Waals surface area contributed by atoms with Crippen molar-refractivity contribution in [1.82, 2.24) is 0 Å². The van der Waals surface area contributed by atoms with Crippen LogP contribution in [0.2, 0.25) is 0 Å². The molecule has 0 spiro atoms. The van der Waals surface area contributed by atoms with Crippen LogP contribution in [0.1, 0.15) is 11.1 Å². The monoisotopic (exact) mass is 198 g/mol. The van der Waals surface area contributed by atoms with Crippen LogP contribution in [0.5, 0.6) is 0 Å². The lowest BCUT2D eigenvalue weighted by atomic mass is 10.1. The van der Waals surface area contributed by atoms with Crippen LogP contribution in [0.4, 0.5) is 0 Å². The van der Waals surface area contributed by atoms with Gasteiger partial charge in [0.1, 0.15) is 0 Å². The van der Waals surface area contributed by atoms with E-state index in [1.54, 1.807) is 0 Å². The van der Waals surface area contributed by atoms with Gasteiger partial charge in [-0.3, -0.25) is 0 Å². The first-order valence-electron chi connectivity index (χ1n) is 3.41. The average molecular weight is 199 g/mol. The van der Waals surface area contributed by atoms with E-state index in [2.05, 4.69) is 13.2 Å². The summed E-state index contributed by atoms with van der Waals surface area (Å²) < 4.78 is 0. The normalized spacial score (nSPS) is 9.50. The zero-order chi connectivity index (χ0) is 9.14. The van der Waals surface area contributed by atoms with E-state index in [0.717, 1.165) is 11.1 Å². The zero-order valence-electron chi connectivity index (χ0n) is 6.48. The Morgan fingerprint density at radius 3 is 1.75 bits per heavy atom. The van der Waals surface area contributed by atoms with E-state index in [0.29, 0.717) is 10.1 Å². The lowest BCUT2D eigenvalue weighted by Gasteiger charge is -2.00. The van der Waals surface area contributed by atoms with Crippen molar-refractivity contribution >= 4 is 33.3 Å². The fourth-order valence-electron chi connectivity index (χ4n) is 0.857. The summed E-state index contributed by atoms with van der Waals surface area (Å²) in [7, 11) is 0. The average Bonchev–Trinajstić information content (AvgIpc) is 2.04. The van der Waals surface area contributed by atoms with Gasteiger partial charge >= 0.3 is 0 Å². The molecule has 0 heterocycles. The summed E-state index contributed by atoms with van der Waals surface area (Å²) in [5.41, 5.74) is 1.74. The summed E-state index contributed by atoms with van der Waals surface area (Å²) in [5, 5.41) is 1.02. The minimum Gasteiger partial charge on any atom is -0.0843 e. The van der Waals surface area contributed by atoms with Crippen LogP contribution < -0.4 is 0 Å². The van der Waals surface area contributed by atoms with E-state index in [-0.39, 0.29) is 0 Å². The molecule has 0 nitrogen and oxygen atoms in total. The quantitative estimate of drug-likeness (QED) is 0.672. The van der Waals surface area contributed by atoms with Gasteiger partial charge < -0.3 is 0 Å². The molecule has 2 heteroatoms. The van der Waals surface area contributed by atoms with Gasteiger partial charge in [0.25, 0.3) is 0 Å². The molecule has 0 aromatic heterocycles. The van der Waals surface area contributed by atoms with Gasteiger partial charge in [-0.2, -0.15) is 0 Å². The predicted molar refractivity (Wildman–Crippen MR) is 56.2 cm³/mol. The molecule has 0 aliphatic rings. The van der Waals surface area contributed by atoms with E-state index in [9.17, 15) is 0 Å². The molecular formula is C10H8Cl2. The first-order valence-corrected chi connectivity index (χ1v) is 4.16. The Morgan fingerprint density at radius 2 is 1.42 bits per heavy atom. The van der Waals surface area contributed by atoms with Crippen molar-refractivity contribution in [2.24, 2.45) is 0 Å². The first-order chi connectivity index (χ1) is 5.61. The third-order valence-electron chi connectivity index (χ3n) is 1.49. The maximum atomic E-state index is 5.71. The number of halogens is 2. The minimum atomic E-state index is 0.509. The van der Waals surface area contributed by atoms with Crippen molar-refractivity contribution in [1.29, 1.82) is 0 Å². The topological polar surface area (TPSA) is 0 Å². The molecule has 1 aromatic carbocycles. The van der Waals surface area contributed by atoms with Gasteiger partial charge in [-0.1, -0.05) is 54.6 Å². The molecule has 1 rings (SSSR count). The molecule has 0 saturated heterocycles. The first kappa shape index (κ1) is 9.37. The smallest absolute Gasteiger partial charge is 0.0406 e. The Labute approximate surface area is 82.1 Å². The lowest BCUT2D eigenvalue weighted by molar-refractivity contribution is 1.61. The SMILES string of the molecule is C=C(Cl)c1cccc(C(=C)Cl)c1. The Hall–Kier alpha value is -0.720. The van der Waals surface area contributed by atoms with Crippen molar-refractivity contribution in [3.05, 3.63) is 48.6 Å². The van der Waals surface area contributed by atoms with E-state index in [1.807, 2.05) is 24.3 Å². The summed E-state index contributed by atoms with van der Waals surface area (Å²) in [5.74, 6) is 0. The number of hydrogen-bond donors (Lipinski definition) is 0. The third kappa shape index (κ3) is 2.13. The molecule has 62 valence electrons. The molecule has 0 aliphatic carbocycles. The molecule has 0 bridgehead atoms. The second kappa shape index (κ2) is 3.79.